The number of carbonyl (C=O) groups excluding carboxylic acids is 2. The monoisotopic (exact) mass is 422 g/mol. The number of benzene rings is 2. The second-order valence-corrected chi connectivity index (χ2v) is 8.61. The van der Waals surface area contributed by atoms with Crippen molar-refractivity contribution in [1.82, 2.24) is 15.2 Å². The Bertz CT molecular complexity index is 1060. The molecular weight excluding hydrogens is 396 g/mol. The van der Waals surface area contributed by atoms with Crippen LogP contribution in [-0.2, 0) is 4.79 Å². The van der Waals surface area contributed by atoms with Gasteiger partial charge in [-0.15, -0.1) is 0 Å². The van der Waals surface area contributed by atoms with E-state index in [0.29, 0.717) is 39.0 Å². The number of rotatable bonds is 3. The fourth-order valence-corrected chi connectivity index (χ4v) is 4.36. The van der Waals surface area contributed by atoms with Gasteiger partial charge >= 0.3 is 0 Å². The van der Waals surface area contributed by atoms with Crippen LogP contribution >= 0.6 is 0 Å². The zero-order valence-electron chi connectivity index (χ0n) is 17.4. The highest BCUT2D eigenvalue weighted by atomic mass is 16.3. The van der Waals surface area contributed by atoms with Crippen LogP contribution in [0.1, 0.15) is 41.7 Å². The van der Waals surface area contributed by atoms with Crippen molar-refractivity contribution in [3.63, 3.8) is 0 Å². The van der Waals surface area contributed by atoms with Gasteiger partial charge in [-0.3, -0.25) is 9.59 Å². The topological polar surface area (TPSA) is 105 Å². The molecular formula is C23H26N4O4. The summed E-state index contributed by atoms with van der Waals surface area (Å²) in [5.74, 6) is -0.558. The van der Waals surface area contributed by atoms with Gasteiger partial charge in [0.25, 0.3) is 11.8 Å². The molecule has 31 heavy (non-hydrogen) atoms. The minimum atomic E-state index is -1.18. The lowest BCUT2D eigenvalue weighted by atomic mass is 9.97. The van der Waals surface area contributed by atoms with Crippen LogP contribution in [0.5, 0.6) is 5.75 Å². The fraction of sp³-hybridized carbons (Fsp3) is 0.391. The highest BCUT2D eigenvalue weighted by Gasteiger charge is 2.50. The predicted octanol–water partition coefficient (Wildman–Crippen LogP) is 1.86. The second-order valence-electron chi connectivity index (χ2n) is 8.61. The molecule has 1 atom stereocenters. The molecule has 1 saturated heterocycles. The normalized spacial score (nSPS) is 21.4. The van der Waals surface area contributed by atoms with E-state index >= 15 is 0 Å². The number of phenolic OH excluding ortho intramolecular Hbond substituents is 1. The average Bonchev–Trinajstić information content (AvgIpc) is 3.43. The maximum absolute atomic E-state index is 13.0. The van der Waals surface area contributed by atoms with Gasteiger partial charge in [0, 0.05) is 31.7 Å². The van der Waals surface area contributed by atoms with E-state index in [1.165, 1.54) is 0 Å². The Balaban J connectivity index is 1.31. The number of aromatic hydroxyl groups is 1. The summed E-state index contributed by atoms with van der Waals surface area (Å²) in [5.41, 5.74) is 9.36. The van der Waals surface area contributed by atoms with Gasteiger partial charge in [-0.1, -0.05) is 24.3 Å². The standard InChI is InChI=1S/C23H26N4O4/c1-14-16-3-2-4-17(20(16)25-24-14)15-5-6-18(19(28)13-15)21(29)26-9-11-27(12-10-26)22(30)23(31)7-8-23/h2-6,13-14,24-25,28,31H,7-12H2,1H3. The summed E-state index contributed by atoms with van der Waals surface area (Å²) < 4.78 is 0. The molecule has 1 saturated carbocycles. The molecule has 2 fully saturated rings. The van der Waals surface area contributed by atoms with Crippen molar-refractivity contribution in [2.45, 2.75) is 31.4 Å². The second kappa shape index (κ2) is 7.25. The van der Waals surface area contributed by atoms with Crippen LogP contribution in [0.25, 0.3) is 11.1 Å². The van der Waals surface area contributed by atoms with Gasteiger partial charge < -0.3 is 25.4 Å². The lowest BCUT2D eigenvalue weighted by molar-refractivity contribution is -0.143. The first-order valence-electron chi connectivity index (χ1n) is 10.7. The number of piperazine rings is 1. The van der Waals surface area contributed by atoms with Crippen molar-refractivity contribution in [1.29, 1.82) is 0 Å². The van der Waals surface area contributed by atoms with Crippen molar-refractivity contribution in [3.05, 3.63) is 47.5 Å². The summed E-state index contributed by atoms with van der Waals surface area (Å²) in [6.07, 6.45) is 1.03. The van der Waals surface area contributed by atoms with E-state index in [4.69, 9.17) is 0 Å². The summed E-state index contributed by atoms with van der Waals surface area (Å²) >= 11 is 0. The van der Waals surface area contributed by atoms with Gasteiger partial charge in [-0.25, -0.2) is 5.43 Å². The molecule has 1 unspecified atom stereocenters. The molecule has 2 aliphatic heterocycles. The minimum Gasteiger partial charge on any atom is -0.507 e. The molecule has 0 bridgehead atoms. The zero-order valence-corrected chi connectivity index (χ0v) is 17.4. The van der Waals surface area contributed by atoms with E-state index in [1.54, 1.807) is 21.9 Å². The van der Waals surface area contributed by atoms with Crippen molar-refractivity contribution in [2.75, 3.05) is 31.6 Å². The van der Waals surface area contributed by atoms with Crippen LogP contribution in [0.4, 0.5) is 5.69 Å². The van der Waals surface area contributed by atoms with E-state index in [2.05, 4.69) is 23.8 Å². The Morgan fingerprint density at radius 1 is 1.06 bits per heavy atom. The molecule has 2 heterocycles. The molecule has 8 nitrogen and oxygen atoms in total. The quantitative estimate of drug-likeness (QED) is 0.602. The van der Waals surface area contributed by atoms with Crippen molar-refractivity contribution >= 4 is 17.5 Å². The Morgan fingerprint density at radius 3 is 2.45 bits per heavy atom. The average molecular weight is 422 g/mol. The summed E-state index contributed by atoms with van der Waals surface area (Å²) in [7, 11) is 0. The zero-order chi connectivity index (χ0) is 21.8. The largest absolute Gasteiger partial charge is 0.507 e. The highest BCUT2D eigenvalue weighted by Crippen LogP contribution is 2.39. The van der Waals surface area contributed by atoms with Crippen LogP contribution < -0.4 is 10.9 Å². The molecule has 4 N–H and O–H groups in total. The molecule has 5 rings (SSSR count). The van der Waals surface area contributed by atoms with Crippen molar-refractivity contribution < 1.29 is 19.8 Å². The van der Waals surface area contributed by atoms with Gasteiger partial charge in [0.05, 0.1) is 17.3 Å². The molecule has 1 aliphatic carbocycles. The number of amides is 2. The first kappa shape index (κ1) is 19.8. The number of para-hydroxylation sites is 1. The Hall–Kier alpha value is -3.10. The molecule has 2 amide bonds. The number of carbonyl (C=O) groups is 2. The van der Waals surface area contributed by atoms with Gasteiger partial charge in [0.1, 0.15) is 11.4 Å². The molecule has 3 aliphatic rings. The van der Waals surface area contributed by atoms with E-state index < -0.39 is 5.60 Å². The van der Waals surface area contributed by atoms with Crippen molar-refractivity contribution in [2.24, 2.45) is 0 Å². The third-order valence-corrected chi connectivity index (χ3v) is 6.49. The number of hydrogen-bond donors (Lipinski definition) is 4. The minimum absolute atomic E-state index is 0.0649. The maximum Gasteiger partial charge on any atom is 0.257 e. The van der Waals surface area contributed by atoms with Gasteiger partial charge in [-0.2, -0.15) is 0 Å². The summed E-state index contributed by atoms with van der Waals surface area (Å²) in [5, 5.41) is 20.6. The van der Waals surface area contributed by atoms with Gasteiger partial charge in [-0.05, 0) is 43.0 Å². The third kappa shape index (κ3) is 3.41. The number of nitrogens with zero attached hydrogens (tertiary/aromatic N) is 2. The fourth-order valence-electron chi connectivity index (χ4n) is 4.36. The van der Waals surface area contributed by atoms with Crippen LogP contribution in [-0.4, -0.2) is 63.6 Å². The smallest absolute Gasteiger partial charge is 0.257 e. The molecule has 0 radical (unpaired) electrons. The first-order valence-corrected chi connectivity index (χ1v) is 10.7. The Morgan fingerprint density at radius 2 is 1.77 bits per heavy atom. The van der Waals surface area contributed by atoms with Crippen LogP contribution in [0, 0.1) is 0 Å². The summed E-state index contributed by atoms with van der Waals surface area (Å²) in [6, 6.07) is 11.3. The highest BCUT2D eigenvalue weighted by molar-refractivity contribution is 5.98. The summed E-state index contributed by atoms with van der Waals surface area (Å²) in [4.78, 5) is 28.5. The number of hydrazine groups is 1. The van der Waals surface area contributed by atoms with Crippen LogP contribution in [0.15, 0.2) is 36.4 Å². The number of phenols is 1. The number of aliphatic hydroxyl groups is 1. The van der Waals surface area contributed by atoms with E-state index in [-0.39, 0.29) is 29.2 Å². The lowest BCUT2D eigenvalue weighted by Crippen LogP contribution is -2.53. The lowest BCUT2D eigenvalue weighted by Gasteiger charge is -2.35. The van der Waals surface area contributed by atoms with E-state index in [0.717, 1.165) is 22.4 Å². The van der Waals surface area contributed by atoms with E-state index in [1.807, 2.05) is 18.2 Å². The van der Waals surface area contributed by atoms with Gasteiger partial charge in [0.15, 0.2) is 0 Å². The van der Waals surface area contributed by atoms with E-state index in [9.17, 15) is 19.8 Å². The SMILES string of the molecule is CC1NNc2c(-c3ccc(C(=O)N4CCN(C(=O)C5(O)CC5)CC4)c(O)c3)cccc21. The molecule has 2 aromatic carbocycles. The molecule has 0 spiro atoms. The van der Waals surface area contributed by atoms with Crippen LogP contribution in [0.3, 0.4) is 0 Å². The Kier molecular flexibility index (Phi) is 4.64. The number of hydrogen-bond acceptors (Lipinski definition) is 6. The van der Waals surface area contributed by atoms with Crippen molar-refractivity contribution in [3.8, 4) is 16.9 Å². The molecule has 0 aromatic heterocycles. The predicted molar refractivity (Wildman–Crippen MR) is 115 cm³/mol. The maximum atomic E-state index is 13.0. The number of nitrogens with one attached hydrogen (secondary N) is 2. The Labute approximate surface area is 180 Å². The summed E-state index contributed by atoms with van der Waals surface area (Å²) in [6.45, 7) is 3.60. The first-order chi connectivity index (χ1) is 14.9. The number of anilines is 1. The van der Waals surface area contributed by atoms with Crippen LogP contribution in [0.2, 0.25) is 0 Å². The number of fused-ring (bicyclic) bond motifs is 1. The molecule has 2 aromatic rings. The van der Waals surface area contributed by atoms with Gasteiger partial charge in [0.2, 0.25) is 0 Å². The third-order valence-electron chi connectivity index (χ3n) is 6.49. The molecule has 162 valence electrons. The molecule has 8 heteroatoms.